The minimum absolute atomic E-state index is 0.0158. The minimum atomic E-state index is -0.391. The number of amides is 1. The molecule has 2 aliphatic heterocycles. The Balaban J connectivity index is 1.51. The van der Waals surface area contributed by atoms with Crippen LogP contribution in [0.15, 0.2) is 72.3 Å². The van der Waals surface area contributed by atoms with Crippen LogP contribution in [0.2, 0.25) is 5.02 Å². The molecular weight excluding hydrogens is 400 g/mol. The first kappa shape index (κ1) is 20.5. The van der Waals surface area contributed by atoms with Crippen LogP contribution in [0.1, 0.15) is 11.7 Å². The second-order valence-corrected chi connectivity index (χ2v) is 7.75. The van der Waals surface area contributed by atoms with Gasteiger partial charge in [-0.1, -0.05) is 48.5 Å². The summed E-state index contributed by atoms with van der Waals surface area (Å²) in [6, 6.07) is 15.5. The maximum absolute atomic E-state index is 13.5. The number of carbonyl (C=O) groups excluding carboxylic acids is 1. The lowest BCUT2D eigenvalue weighted by molar-refractivity contribution is -0.128. The number of rotatable bonds is 5. The van der Waals surface area contributed by atoms with Gasteiger partial charge in [-0.05, 0) is 35.4 Å². The van der Waals surface area contributed by atoms with Gasteiger partial charge in [-0.15, -0.1) is 0 Å². The lowest BCUT2D eigenvalue weighted by Crippen LogP contribution is -2.49. The third kappa shape index (κ3) is 3.95. The number of para-hydroxylation sites is 1. The molecule has 1 fully saturated rings. The van der Waals surface area contributed by atoms with Crippen LogP contribution in [-0.4, -0.2) is 50.7 Å². The molecule has 156 valence electrons. The van der Waals surface area contributed by atoms with Crippen molar-refractivity contribution in [3.05, 3.63) is 82.9 Å². The van der Waals surface area contributed by atoms with Gasteiger partial charge in [0, 0.05) is 26.2 Å². The zero-order valence-electron chi connectivity index (χ0n) is 17.0. The first-order valence-electron chi connectivity index (χ1n) is 10.0. The number of halogens is 1. The van der Waals surface area contributed by atoms with Gasteiger partial charge in [-0.25, -0.2) is 0 Å². The van der Waals surface area contributed by atoms with E-state index in [1.54, 1.807) is 13.2 Å². The van der Waals surface area contributed by atoms with E-state index in [9.17, 15) is 4.79 Å². The summed E-state index contributed by atoms with van der Waals surface area (Å²) < 4.78 is 11.2. The van der Waals surface area contributed by atoms with E-state index in [-0.39, 0.29) is 5.91 Å². The van der Waals surface area contributed by atoms with Crippen LogP contribution in [0.3, 0.4) is 0 Å². The highest BCUT2D eigenvalue weighted by Crippen LogP contribution is 2.37. The third-order valence-corrected chi connectivity index (χ3v) is 5.99. The van der Waals surface area contributed by atoms with Crippen LogP contribution in [-0.2, 0) is 9.53 Å². The molecule has 6 heteroatoms. The van der Waals surface area contributed by atoms with Gasteiger partial charge in [0.25, 0.3) is 5.91 Å². The molecule has 0 spiro atoms. The molecule has 2 heterocycles. The van der Waals surface area contributed by atoms with Gasteiger partial charge in [-0.2, -0.15) is 0 Å². The summed E-state index contributed by atoms with van der Waals surface area (Å²) >= 11 is 6.34. The molecule has 2 aromatic carbocycles. The molecule has 1 saturated heterocycles. The minimum Gasteiger partial charge on any atom is -0.497 e. The van der Waals surface area contributed by atoms with Gasteiger partial charge in [0.15, 0.2) is 0 Å². The van der Waals surface area contributed by atoms with Gasteiger partial charge >= 0.3 is 0 Å². The Hall–Kier alpha value is -2.76. The van der Waals surface area contributed by atoms with E-state index >= 15 is 0 Å². The van der Waals surface area contributed by atoms with Gasteiger partial charge in [0.2, 0.25) is 0 Å². The molecule has 0 bridgehead atoms. The summed E-state index contributed by atoms with van der Waals surface area (Å²) in [4.78, 5) is 17.6. The number of hydrogen-bond acceptors (Lipinski definition) is 4. The Morgan fingerprint density at radius 2 is 1.83 bits per heavy atom. The van der Waals surface area contributed by atoms with Crippen LogP contribution in [0.5, 0.6) is 5.75 Å². The monoisotopic (exact) mass is 424 g/mol. The predicted octanol–water partition coefficient (Wildman–Crippen LogP) is 4.25. The quantitative estimate of drug-likeness (QED) is 0.719. The molecule has 0 aromatic heterocycles. The molecular formula is C24H25ClN2O3. The first-order chi connectivity index (χ1) is 14.6. The number of methoxy groups -OCH3 is 1. The van der Waals surface area contributed by atoms with Gasteiger partial charge in [-0.3, -0.25) is 4.79 Å². The fourth-order valence-corrected chi connectivity index (χ4v) is 4.25. The third-order valence-electron chi connectivity index (χ3n) is 5.67. The smallest absolute Gasteiger partial charge is 0.253 e. The van der Waals surface area contributed by atoms with Gasteiger partial charge in [0.1, 0.15) is 11.9 Å². The van der Waals surface area contributed by atoms with Gasteiger partial charge < -0.3 is 19.3 Å². The lowest BCUT2D eigenvalue weighted by atomic mass is 9.97. The summed E-state index contributed by atoms with van der Waals surface area (Å²) in [7, 11) is 1.63. The second kappa shape index (κ2) is 8.94. The van der Waals surface area contributed by atoms with Crippen molar-refractivity contribution in [1.82, 2.24) is 4.90 Å². The van der Waals surface area contributed by atoms with Crippen LogP contribution in [0.25, 0.3) is 0 Å². The van der Waals surface area contributed by atoms with Crippen molar-refractivity contribution in [3.63, 3.8) is 0 Å². The first-order valence-corrected chi connectivity index (χ1v) is 10.4. The molecule has 30 heavy (non-hydrogen) atoms. The maximum Gasteiger partial charge on any atom is 0.253 e. The fourth-order valence-electron chi connectivity index (χ4n) is 3.99. The normalized spacial score (nSPS) is 19.2. The molecule has 1 amide bonds. The molecule has 0 radical (unpaired) electrons. The number of carbonyl (C=O) groups is 1. The Labute approximate surface area is 182 Å². The highest BCUT2D eigenvalue weighted by Gasteiger charge is 2.35. The van der Waals surface area contributed by atoms with Gasteiger partial charge in [0.05, 0.1) is 30.0 Å². The zero-order valence-corrected chi connectivity index (χ0v) is 17.8. The summed E-state index contributed by atoms with van der Waals surface area (Å²) in [6.07, 6.45) is 1.34. The van der Waals surface area contributed by atoms with Crippen molar-refractivity contribution in [3.8, 4) is 5.75 Å². The number of ether oxygens (including phenoxy) is 2. The number of hydrogen-bond donors (Lipinski definition) is 0. The van der Waals surface area contributed by atoms with E-state index in [0.717, 1.165) is 40.7 Å². The number of nitrogens with zero attached hydrogens (tertiary/aromatic N) is 2. The van der Waals surface area contributed by atoms with Crippen molar-refractivity contribution in [2.45, 2.75) is 6.10 Å². The molecule has 1 atom stereocenters. The second-order valence-electron chi connectivity index (χ2n) is 7.34. The largest absolute Gasteiger partial charge is 0.497 e. The maximum atomic E-state index is 13.5. The standard InChI is InChI=1S/C24H25ClN2O3/c1-3-17-16-30-23(18-8-10-19(29-2)11-9-18)22(17)24(28)27-14-12-26(13-15-27)21-7-5-4-6-20(21)25/h3-11,23H,1,12-16H2,2H3. The van der Waals surface area contributed by atoms with Crippen LogP contribution < -0.4 is 9.64 Å². The number of anilines is 1. The molecule has 1 unspecified atom stereocenters. The van der Waals surface area contributed by atoms with E-state index in [2.05, 4.69) is 11.5 Å². The van der Waals surface area contributed by atoms with Crippen molar-refractivity contribution in [1.29, 1.82) is 0 Å². The molecule has 2 aromatic rings. The summed E-state index contributed by atoms with van der Waals surface area (Å²) in [6.45, 7) is 7.01. The van der Waals surface area contributed by atoms with Crippen LogP contribution in [0.4, 0.5) is 5.69 Å². The highest BCUT2D eigenvalue weighted by molar-refractivity contribution is 6.33. The average Bonchev–Trinajstić information content (AvgIpc) is 3.23. The Morgan fingerprint density at radius 1 is 1.13 bits per heavy atom. The number of piperazine rings is 1. The Kier molecular flexibility index (Phi) is 6.11. The highest BCUT2D eigenvalue weighted by atomic mass is 35.5. The van der Waals surface area contributed by atoms with Crippen LogP contribution >= 0.6 is 11.6 Å². The van der Waals surface area contributed by atoms with Crippen molar-refractivity contribution in [2.24, 2.45) is 0 Å². The molecule has 0 N–H and O–H groups in total. The van der Waals surface area contributed by atoms with Crippen molar-refractivity contribution in [2.75, 3.05) is 44.8 Å². The molecule has 2 aliphatic rings. The summed E-state index contributed by atoms with van der Waals surface area (Å²) in [5, 5.41) is 0.734. The van der Waals surface area contributed by atoms with E-state index in [4.69, 9.17) is 21.1 Å². The lowest BCUT2D eigenvalue weighted by Gasteiger charge is -2.37. The topological polar surface area (TPSA) is 42.0 Å². The average molecular weight is 425 g/mol. The Morgan fingerprint density at radius 3 is 2.47 bits per heavy atom. The predicted molar refractivity (Wildman–Crippen MR) is 119 cm³/mol. The molecule has 4 rings (SSSR count). The van der Waals surface area contributed by atoms with Crippen molar-refractivity contribution >= 4 is 23.2 Å². The number of benzene rings is 2. The Bertz CT molecular complexity index is 963. The molecule has 5 nitrogen and oxygen atoms in total. The van der Waals surface area contributed by atoms with E-state index in [0.29, 0.717) is 25.3 Å². The SMILES string of the molecule is C=CC1=C(C(=O)N2CCN(c3ccccc3Cl)CC2)C(c2ccc(OC)cc2)OC1. The van der Waals surface area contributed by atoms with Crippen molar-refractivity contribution < 1.29 is 14.3 Å². The molecule has 0 aliphatic carbocycles. The molecule has 0 saturated carbocycles. The van der Waals surface area contributed by atoms with E-state index in [1.165, 1.54) is 0 Å². The van der Waals surface area contributed by atoms with E-state index in [1.807, 2.05) is 53.4 Å². The fraction of sp³-hybridized carbons (Fsp3) is 0.292. The zero-order chi connectivity index (χ0) is 21.1. The van der Waals surface area contributed by atoms with Crippen LogP contribution in [0, 0.1) is 0 Å². The summed E-state index contributed by atoms with van der Waals surface area (Å²) in [5.41, 5.74) is 3.49. The van der Waals surface area contributed by atoms with E-state index < -0.39 is 6.10 Å². The summed E-state index contributed by atoms with van der Waals surface area (Å²) in [5.74, 6) is 0.787.